The Balaban J connectivity index is 2.56. The van der Waals surface area contributed by atoms with Crippen LogP contribution in [0.1, 0.15) is 35.2 Å². The monoisotopic (exact) mass is 275 g/mol. The molecule has 0 saturated carbocycles. The lowest BCUT2D eigenvalue weighted by Crippen LogP contribution is -2.24. The van der Waals surface area contributed by atoms with Crippen LogP contribution in [-0.4, -0.2) is 6.54 Å². The molecule has 3 heteroatoms. The molecule has 106 valence electrons. The molecule has 0 heterocycles. The van der Waals surface area contributed by atoms with Crippen molar-refractivity contribution in [2.75, 3.05) is 6.54 Å². The molecule has 1 N–H and O–H groups in total. The van der Waals surface area contributed by atoms with Gasteiger partial charge in [0.1, 0.15) is 0 Å². The van der Waals surface area contributed by atoms with Gasteiger partial charge in [-0.2, -0.15) is 0 Å². The second kappa shape index (κ2) is 6.14. The molecule has 0 bridgehead atoms. The summed E-state index contributed by atoms with van der Waals surface area (Å²) in [5, 5.41) is 3.24. The molecule has 2 rings (SSSR count). The molecule has 2 aromatic rings. The van der Waals surface area contributed by atoms with E-state index in [1.54, 1.807) is 12.1 Å². The van der Waals surface area contributed by atoms with Crippen LogP contribution in [0, 0.1) is 25.5 Å². The fourth-order valence-electron chi connectivity index (χ4n) is 2.42. The van der Waals surface area contributed by atoms with Crippen LogP contribution in [0.3, 0.4) is 0 Å². The average molecular weight is 275 g/mol. The van der Waals surface area contributed by atoms with E-state index in [1.807, 2.05) is 39.0 Å². The molecule has 0 aliphatic heterocycles. The van der Waals surface area contributed by atoms with Gasteiger partial charge in [-0.1, -0.05) is 37.3 Å². The highest BCUT2D eigenvalue weighted by atomic mass is 19.2. The van der Waals surface area contributed by atoms with Crippen molar-refractivity contribution >= 4 is 0 Å². The molecule has 0 aromatic heterocycles. The van der Waals surface area contributed by atoms with E-state index in [9.17, 15) is 8.78 Å². The number of benzene rings is 2. The summed E-state index contributed by atoms with van der Waals surface area (Å²) in [5.41, 5.74) is 3.57. The van der Waals surface area contributed by atoms with Crippen LogP contribution in [-0.2, 0) is 0 Å². The van der Waals surface area contributed by atoms with Gasteiger partial charge >= 0.3 is 0 Å². The predicted octanol–water partition coefficient (Wildman–Crippen LogP) is 4.28. The lowest BCUT2D eigenvalue weighted by atomic mass is 9.92. The van der Waals surface area contributed by atoms with Crippen molar-refractivity contribution in [1.29, 1.82) is 0 Å². The molecule has 0 spiro atoms. The SMILES string of the molecule is CCNC(c1cccc(C)c1C)c1cccc(F)c1F. The van der Waals surface area contributed by atoms with Gasteiger partial charge in [-0.05, 0) is 43.1 Å². The zero-order valence-electron chi connectivity index (χ0n) is 12.0. The van der Waals surface area contributed by atoms with Crippen molar-refractivity contribution in [3.63, 3.8) is 0 Å². The fraction of sp³-hybridized carbons (Fsp3) is 0.294. The van der Waals surface area contributed by atoms with Crippen LogP contribution < -0.4 is 5.32 Å². The normalized spacial score (nSPS) is 12.4. The molecule has 0 amide bonds. The Morgan fingerprint density at radius 2 is 1.65 bits per heavy atom. The molecule has 0 aliphatic rings. The molecule has 1 unspecified atom stereocenters. The Morgan fingerprint density at radius 3 is 2.35 bits per heavy atom. The van der Waals surface area contributed by atoms with Gasteiger partial charge in [0.25, 0.3) is 0 Å². The summed E-state index contributed by atoms with van der Waals surface area (Å²) >= 11 is 0. The third-order valence-electron chi connectivity index (χ3n) is 3.66. The quantitative estimate of drug-likeness (QED) is 0.878. The van der Waals surface area contributed by atoms with E-state index in [1.165, 1.54) is 0 Å². The summed E-state index contributed by atoms with van der Waals surface area (Å²) < 4.78 is 27.6. The van der Waals surface area contributed by atoms with Gasteiger partial charge < -0.3 is 5.32 Å². The van der Waals surface area contributed by atoms with Crippen LogP contribution in [0.5, 0.6) is 0 Å². The summed E-state index contributed by atoms with van der Waals surface area (Å²) in [4.78, 5) is 0. The zero-order valence-corrected chi connectivity index (χ0v) is 12.0. The van der Waals surface area contributed by atoms with Gasteiger partial charge in [0, 0.05) is 5.56 Å². The zero-order chi connectivity index (χ0) is 14.7. The van der Waals surface area contributed by atoms with Crippen LogP contribution in [0.15, 0.2) is 36.4 Å². The maximum Gasteiger partial charge on any atom is 0.163 e. The number of aryl methyl sites for hydroxylation is 1. The maximum absolute atomic E-state index is 14.1. The second-order valence-corrected chi connectivity index (χ2v) is 4.92. The van der Waals surface area contributed by atoms with Gasteiger partial charge in [-0.3, -0.25) is 0 Å². The van der Waals surface area contributed by atoms with Crippen molar-refractivity contribution in [3.05, 3.63) is 70.3 Å². The van der Waals surface area contributed by atoms with Crippen LogP contribution in [0.25, 0.3) is 0 Å². The van der Waals surface area contributed by atoms with Crippen molar-refractivity contribution < 1.29 is 8.78 Å². The number of rotatable bonds is 4. The van der Waals surface area contributed by atoms with E-state index in [2.05, 4.69) is 5.32 Å². The van der Waals surface area contributed by atoms with E-state index in [4.69, 9.17) is 0 Å². The van der Waals surface area contributed by atoms with E-state index in [-0.39, 0.29) is 6.04 Å². The van der Waals surface area contributed by atoms with Gasteiger partial charge in [0.05, 0.1) is 6.04 Å². The summed E-state index contributed by atoms with van der Waals surface area (Å²) in [5.74, 6) is -1.59. The molecule has 1 atom stereocenters. The molecule has 0 aliphatic carbocycles. The van der Waals surface area contributed by atoms with E-state index < -0.39 is 11.6 Å². The lowest BCUT2D eigenvalue weighted by Gasteiger charge is -2.22. The van der Waals surface area contributed by atoms with Gasteiger partial charge in [-0.25, -0.2) is 8.78 Å². The summed E-state index contributed by atoms with van der Waals surface area (Å²) in [6.45, 7) is 6.65. The Kier molecular flexibility index (Phi) is 4.50. The molecule has 1 nitrogen and oxygen atoms in total. The number of hydrogen-bond acceptors (Lipinski definition) is 1. The van der Waals surface area contributed by atoms with Crippen molar-refractivity contribution in [3.8, 4) is 0 Å². The number of nitrogens with one attached hydrogen (secondary N) is 1. The van der Waals surface area contributed by atoms with Crippen LogP contribution >= 0.6 is 0 Å². The minimum atomic E-state index is -0.810. The molecular formula is C17H19F2N. The first-order chi connectivity index (χ1) is 9.56. The number of halogens is 2. The highest BCUT2D eigenvalue weighted by Gasteiger charge is 2.20. The van der Waals surface area contributed by atoms with Crippen molar-refractivity contribution in [2.45, 2.75) is 26.8 Å². The molecule has 2 aromatic carbocycles. The average Bonchev–Trinajstić information content (AvgIpc) is 2.43. The molecule has 0 saturated heterocycles. The van der Waals surface area contributed by atoms with E-state index in [0.717, 1.165) is 22.8 Å². The largest absolute Gasteiger partial charge is 0.306 e. The summed E-state index contributed by atoms with van der Waals surface area (Å²) in [7, 11) is 0. The Labute approximate surface area is 118 Å². The van der Waals surface area contributed by atoms with Gasteiger partial charge in [0.2, 0.25) is 0 Å². The topological polar surface area (TPSA) is 12.0 Å². The lowest BCUT2D eigenvalue weighted by molar-refractivity contribution is 0.482. The van der Waals surface area contributed by atoms with Crippen molar-refractivity contribution in [1.82, 2.24) is 5.32 Å². The van der Waals surface area contributed by atoms with E-state index >= 15 is 0 Å². The van der Waals surface area contributed by atoms with Gasteiger partial charge in [0.15, 0.2) is 11.6 Å². The van der Waals surface area contributed by atoms with Crippen molar-refractivity contribution in [2.24, 2.45) is 0 Å². The third-order valence-corrected chi connectivity index (χ3v) is 3.66. The molecular weight excluding hydrogens is 256 g/mol. The molecule has 0 radical (unpaired) electrons. The van der Waals surface area contributed by atoms with Crippen LogP contribution in [0.4, 0.5) is 8.78 Å². The fourth-order valence-corrected chi connectivity index (χ4v) is 2.42. The first-order valence-electron chi connectivity index (χ1n) is 6.79. The Hall–Kier alpha value is -1.74. The molecule has 0 fully saturated rings. The van der Waals surface area contributed by atoms with Gasteiger partial charge in [-0.15, -0.1) is 0 Å². The highest BCUT2D eigenvalue weighted by Crippen LogP contribution is 2.29. The predicted molar refractivity (Wildman–Crippen MR) is 77.8 cm³/mol. The first kappa shape index (κ1) is 14.7. The van der Waals surface area contributed by atoms with Crippen LogP contribution in [0.2, 0.25) is 0 Å². The highest BCUT2D eigenvalue weighted by molar-refractivity contribution is 5.41. The molecule has 20 heavy (non-hydrogen) atoms. The first-order valence-corrected chi connectivity index (χ1v) is 6.79. The second-order valence-electron chi connectivity index (χ2n) is 4.92. The minimum absolute atomic E-state index is 0.337. The standard InChI is InChI=1S/C17H19F2N/c1-4-20-17(13-8-5-7-11(2)12(13)3)14-9-6-10-15(18)16(14)19/h5-10,17,20H,4H2,1-3H3. The number of hydrogen-bond donors (Lipinski definition) is 1. The van der Waals surface area contributed by atoms with E-state index in [0.29, 0.717) is 12.1 Å². The minimum Gasteiger partial charge on any atom is -0.306 e. The maximum atomic E-state index is 14.1. The Bertz CT molecular complexity index is 556. The third kappa shape index (κ3) is 2.73. The summed E-state index contributed by atoms with van der Waals surface area (Å²) in [6.07, 6.45) is 0. The smallest absolute Gasteiger partial charge is 0.163 e. The summed E-state index contributed by atoms with van der Waals surface area (Å²) in [6, 6.07) is 9.90. The Morgan fingerprint density at radius 1 is 1.00 bits per heavy atom.